The van der Waals surface area contributed by atoms with E-state index in [0.717, 1.165) is 30.4 Å². The number of phenols is 1. The Kier molecular flexibility index (Phi) is 5.03. The van der Waals surface area contributed by atoms with Crippen LogP contribution in [0.1, 0.15) is 45.9 Å². The fourth-order valence-electron chi connectivity index (χ4n) is 3.34. The van der Waals surface area contributed by atoms with Gasteiger partial charge in [-0.1, -0.05) is 30.3 Å². The van der Waals surface area contributed by atoms with Crippen molar-refractivity contribution in [3.05, 3.63) is 64.7 Å². The molecular formula is C20H21NO4. The van der Waals surface area contributed by atoms with Gasteiger partial charge in [-0.15, -0.1) is 0 Å². The molecule has 0 spiro atoms. The smallest absolute Gasteiger partial charge is 0.310 e. The summed E-state index contributed by atoms with van der Waals surface area (Å²) >= 11 is 0. The number of phenolic OH excluding ortho intramolecular Hbond substituents is 1. The highest BCUT2D eigenvalue weighted by molar-refractivity contribution is 5.97. The van der Waals surface area contributed by atoms with Crippen molar-refractivity contribution in [2.75, 3.05) is 7.11 Å². The molecule has 0 heterocycles. The van der Waals surface area contributed by atoms with Crippen LogP contribution < -0.4 is 5.32 Å². The molecule has 5 heteroatoms. The van der Waals surface area contributed by atoms with Gasteiger partial charge in [-0.2, -0.15) is 0 Å². The predicted molar refractivity (Wildman–Crippen MR) is 93.4 cm³/mol. The third kappa shape index (κ3) is 3.65. The zero-order valence-corrected chi connectivity index (χ0v) is 14.1. The number of methoxy groups -OCH3 is 1. The van der Waals surface area contributed by atoms with Crippen LogP contribution in [0.4, 0.5) is 0 Å². The van der Waals surface area contributed by atoms with Crippen LogP contribution in [0.5, 0.6) is 5.75 Å². The molecule has 130 valence electrons. The first-order chi connectivity index (χ1) is 12.1. The van der Waals surface area contributed by atoms with Gasteiger partial charge in [0.2, 0.25) is 0 Å². The number of carbonyl (C=O) groups is 2. The Bertz CT molecular complexity index is 800. The summed E-state index contributed by atoms with van der Waals surface area (Å²) in [6, 6.07) is 12.3. The molecule has 1 amide bonds. The molecule has 0 radical (unpaired) electrons. The number of nitrogens with one attached hydrogen (secondary N) is 1. The topological polar surface area (TPSA) is 75.6 Å². The lowest BCUT2D eigenvalue weighted by molar-refractivity contribution is -0.139. The van der Waals surface area contributed by atoms with Gasteiger partial charge in [-0.05, 0) is 48.1 Å². The first kappa shape index (κ1) is 17.0. The number of aromatic hydroxyl groups is 1. The predicted octanol–water partition coefficient (Wildman–Crippen LogP) is 2.92. The van der Waals surface area contributed by atoms with E-state index in [1.165, 1.54) is 7.11 Å². The Morgan fingerprint density at radius 2 is 2.00 bits per heavy atom. The molecule has 2 N–H and O–H groups in total. The number of hydrogen-bond acceptors (Lipinski definition) is 4. The third-order valence-electron chi connectivity index (χ3n) is 4.61. The van der Waals surface area contributed by atoms with Gasteiger partial charge in [0.25, 0.3) is 5.91 Å². The molecule has 1 aliphatic carbocycles. The highest BCUT2D eigenvalue weighted by Gasteiger charge is 2.25. The number of amides is 1. The molecule has 0 aromatic heterocycles. The second-order valence-corrected chi connectivity index (χ2v) is 6.17. The second kappa shape index (κ2) is 7.38. The lowest BCUT2D eigenvalue weighted by Crippen LogP contribution is -2.31. The van der Waals surface area contributed by atoms with Crippen LogP contribution in [0.15, 0.2) is 42.5 Å². The van der Waals surface area contributed by atoms with Crippen molar-refractivity contribution in [3.8, 4) is 5.75 Å². The SMILES string of the molecule is COC(=O)Cc1ccccc1C(=O)NC1CCCc2c(O)cccc21. The number of fused-ring (bicyclic) bond motifs is 1. The average Bonchev–Trinajstić information content (AvgIpc) is 2.63. The minimum atomic E-state index is -0.381. The van der Waals surface area contributed by atoms with E-state index in [9.17, 15) is 14.7 Å². The normalized spacial score (nSPS) is 16.0. The van der Waals surface area contributed by atoms with Crippen molar-refractivity contribution >= 4 is 11.9 Å². The molecule has 2 aromatic carbocycles. The molecule has 1 atom stereocenters. The standard InChI is InChI=1S/C20H21NO4/c1-25-19(23)12-13-6-2-3-7-14(13)20(24)21-17-10-4-9-16-15(17)8-5-11-18(16)22/h2-3,5-8,11,17,22H,4,9-10,12H2,1H3,(H,21,24). The molecule has 0 bridgehead atoms. The Morgan fingerprint density at radius 3 is 2.80 bits per heavy atom. The van der Waals surface area contributed by atoms with Crippen molar-refractivity contribution in [1.29, 1.82) is 0 Å². The van der Waals surface area contributed by atoms with Crippen LogP contribution in [-0.4, -0.2) is 24.1 Å². The van der Waals surface area contributed by atoms with Crippen molar-refractivity contribution in [1.82, 2.24) is 5.32 Å². The Hall–Kier alpha value is -2.82. The van der Waals surface area contributed by atoms with Crippen LogP contribution in [0.2, 0.25) is 0 Å². The number of benzene rings is 2. The van der Waals surface area contributed by atoms with Crippen LogP contribution in [0.3, 0.4) is 0 Å². The second-order valence-electron chi connectivity index (χ2n) is 6.17. The molecular weight excluding hydrogens is 318 g/mol. The van der Waals surface area contributed by atoms with Crippen molar-refractivity contribution < 1.29 is 19.4 Å². The Balaban J connectivity index is 1.83. The fourth-order valence-corrected chi connectivity index (χ4v) is 3.34. The van der Waals surface area contributed by atoms with Gasteiger partial charge in [-0.3, -0.25) is 9.59 Å². The monoisotopic (exact) mass is 339 g/mol. The molecule has 2 aromatic rings. The summed E-state index contributed by atoms with van der Waals surface area (Å²) in [6.45, 7) is 0. The number of ether oxygens (including phenoxy) is 1. The first-order valence-corrected chi connectivity index (χ1v) is 8.36. The van der Waals surface area contributed by atoms with Crippen LogP contribution in [-0.2, 0) is 22.4 Å². The van der Waals surface area contributed by atoms with Gasteiger partial charge in [0.1, 0.15) is 5.75 Å². The van der Waals surface area contributed by atoms with Crippen molar-refractivity contribution in [2.24, 2.45) is 0 Å². The minimum absolute atomic E-state index is 0.0577. The Morgan fingerprint density at radius 1 is 1.20 bits per heavy atom. The lowest BCUT2D eigenvalue weighted by Gasteiger charge is -2.27. The fraction of sp³-hybridized carbons (Fsp3) is 0.300. The van der Waals surface area contributed by atoms with E-state index < -0.39 is 0 Å². The highest BCUT2D eigenvalue weighted by Crippen LogP contribution is 2.34. The third-order valence-corrected chi connectivity index (χ3v) is 4.61. The minimum Gasteiger partial charge on any atom is -0.508 e. The molecule has 25 heavy (non-hydrogen) atoms. The van der Waals surface area contributed by atoms with Crippen LogP contribution >= 0.6 is 0 Å². The van der Waals surface area contributed by atoms with Crippen molar-refractivity contribution in [3.63, 3.8) is 0 Å². The molecule has 1 aliphatic rings. The van der Waals surface area contributed by atoms with E-state index in [1.807, 2.05) is 6.07 Å². The molecule has 0 aliphatic heterocycles. The summed E-state index contributed by atoms with van der Waals surface area (Å²) in [7, 11) is 1.33. The summed E-state index contributed by atoms with van der Waals surface area (Å²) in [5.74, 6) is -0.323. The first-order valence-electron chi connectivity index (χ1n) is 8.36. The molecule has 0 saturated heterocycles. The molecule has 0 fully saturated rings. The number of esters is 1. The highest BCUT2D eigenvalue weighted by atomic mass is 16.5. The number of rotatable bonds is 4. The van der Waals surface area contributed by atoms with E-state index >= 15 is 0 Å². The maximum absolute atomic E-state index is 12.8. The van der Waals surface area contributed by atoms with E-state index in [2.05, 4.69) is 5.32 Å². The maximum atomic E-state index is 12.8. The summed E-state index contributed by atoms with van der Waals surface area (Å²) in [6.07, 6.45) is 2.59. The lowest BCUT2D eigenvalue weighted by atomic mass is 9.87. The maximum Gasteiger partial charge on any atom is 0.310 e. The van der Waals surface area contributed by atoms with E-state index in [1.54, 1.807) is 36.4 Å². The molecule has 1 unspecified atom stereocenters. The number of hydrogen-bond donors (Lipinski definition) is 2. The van der Waals surface area contributed by atoms with Gasteiger partial charge in [0, 0.05) is 5.56 Å². The zero-order valence-electron chi connectivity index (χ0n) is 14.1. The molecule has 5 nitrogen and oxygen atoms in total. The summed E-state index contributed by atoms with van der Waals surface area (Å²) in [4.78, 5) is 24.3. The van der Waals surface area contributed by atoms with Crippen LogP contribution in [0, 0.1) is 0 Å². The average molecular weight is 339 g/mol. The molecule has 3 rings (SSSR count). The van der Waals surface area contributed by atoms with E-state index in [0.29, 0.717) is 11.1 Å². The van der Waals surface area contributed by atoms with Crippen LogP contribution in [0.25, 0.3) is 0 Å². The van der Waals surface area contributed by atoms with Gasteiger partial charge in [0.05, 0.1) is 19.6 Å². The Labute approximate surface area is 146 Å². The quantitative estimate of drug-likeness (QED) is 0.840. The zero-order chi connectivity index (χ0) is 17.8. The van der Waals surface area contributed by atoms with Gasteiger partial charge in [-0.25, -0.2) is 0 Å². The number of carbonyl (C=O) groups excluding carboxylic acids is 2. The summed E-state index contributed by atoms with van der Waals surface area (Å²) in [5.41, 5.74) is 2.98. The van der Waals surface area contributed by atoms with E-state index in [4.69, 9.17) is 4.74 Å². The van der Waals surface area contributed by atoms with E-state index in [-0.39, 0.29) is 30.1 Å². The van der Waals surface area contributed by atoms with Gasteiger partial charge < -0.3 is 15.2 Å². The van der Waals surface area contributed by atoms with Crippen molar-refractivity contribution in [2.45, 2.75) is 31.7 Å². The largest absolute Gasteiger partial charge is 0.508 e. The van der Waals surface area contributed by atoms with Gasteiger partial charge in [0.15, 0.2) is 0 Å². The molecule has 0 saturated carbocycles. The summed E-state index contributed by atoms with van der Waals surface area (Å²) < 4.78 is 4.70. The summed E-state index contributed by atoms with van der Waals surface area (Å²) in [5, 5.41) is 13.1. The van der Waals surface area contributed by atoms with Gasteiger partial charge >= 0.3 is 5.97 Å².